The summed E-state index contributed by atoms with van der Waals surface area (Å²) in [6.45, 7) is 4.39. The average molecular weight is 377 g/mol. The normalized spacial score (nSPS) is 10.5. The summed E-state index contributed by atoms with van der Waals surface area (Å²) >= 11 is 1.15. The van der Waals surface area contributed by atoms with E-state index in [0.29, 0.717) is 11.7 Å². The molecule has 9 heteroatoms. The second-order valence-corrected chi connectivity index (χ2v) is 6.53. The number of carbonyl (C=O) groups is 2. The summed E-state index contributed by atoms with van der Waals surface area (Å²) in [6, 6.07) is 7.55. The van der Waals surface area contributed by atoms with Gasteiger partial charge in [0.2, 0.25) is 11.8 Å². The van der Waals surface area contributed by atoms with E-state index in [1.807, 2.05) is 38.1 Å². The molecule has 0 unspecified atom stereocenters. The minimum absolute atomic E-state index is 0.0762. The largest absolute Gasteiger partial charge is 0.346 e. The number of aryl methyl sites for hydroxylation is 1. The van der Waals surface area contributed by atoms with Crippen LogP contribution in [0.15, 0.2) is 34.2 Å². The van der Waals surface area contributed by atoms with Crippen LogP contribution in [0.25, 0.3) is 0 Å². The molecule has 8 nitrogen and oxygen atoms in total. The Balaban J connectivity index is 1.80. The topological polar surface area (TPSA) is 109 Å². The van der Waals surface area contributed by atoms with Gasteiger partial charge in [-0.2, -0.15) is 0 Å². The van der Waals surface area contributed by atoms with Crippen LogP contribution < -0.4 is 16.3 Å². The molecule has 140 valence electrons. The molecular weight excluding hydrogens is 354 g/mol. The van der Waals surface area contributed by atoms with E-state index in [1.165, 1.54) is 4.57 Å². The van der Waals surface area contributed by atoms with Crippen molar-refractivity contribution < 1.29 is 9.59 Å². The van der Waals surface area contributed by atoms with Crippen LogP contribution in [0.4, 0.5) is 5.69 Å². The lowest BCUT2D eigenvalue weighted by Gasteiger charge is -2.10. The van der Waals surface area contributed by atoms with Gasteiger partial charge in [-0.25, -0.2) is 9.89 Å². The van der Waals surface area contributed by atoms with Crippen molar-refractivity contribution >= 4 is 29.3 Å². The van der Waals surface area contributed by atoms with Crippen molar-refractivity contribution in [2.75, 3.05) is 17.6 Å². The van der Waals surface area contributed by atoms with Gasteiger partial charge in [-0.05, 0) is 24.5 Å². The molecule has 0 atom stereocenters. The van der Waals surface area contributed by atoms with Crippen LogP contribution >= 0.6 is 11.8 Å². The molecule has 0 aliphatic carbocycles. The van der Waals surface area contributed by atoms with Gasteiger partial charge in [0.1, 0.15) is 0 Å². The summed E-state index contributed by atoms with van der Waals surface area (Å²) < 4.78 is 1.49. The molecule has 0 radical (unpaired) electrons. The highest BCUT2D eigenvalue weighted by Crippen LogP contribution is 2.15. The van der Waals surface area contributed by atoms with Gasteiger partial charge < -0.3 is 10.6 Å². The molecule has 2 amide bonds. The first-order chi connectivity index (χ1) is 12.5. The zero-order valence-electron chi connectivity index (χ0n) is 14.9. The Morgan fingerprint density at radius 3 is 2.73 bits per heavy atom. The highest BCUT2D eigenvalue weighted by Gasteiger charge is 2.12. The van der Waals surface area contributed by atoms with E-state index in [2.05, 4.69) is 20.8 Å². The smallest absolute Gasteiger partial charge is 0.343 e. The number of nitrogens with zero attached hydrogens (tertiary/aromatic N) is 2. The van der Waals surface area contributed by atoms with Gasteiger partial charge >= 0.3 is 5.69 Å². The number of carbonyl (C=O) groups excluding carboxylic acids is 2. The number of hydrogen-bond acceptors (Lipinski definition) is 5. The molecule has 1 aromatic carbocycles. The number of thioether (sulfide) groups is 1. The van der Waals surface area contributed by atoms with E-state index in [9.17, 15) is 14.4 Å². The summed E-state index contributed by atoms with van der Waals surface area (Å²) in [4.78, 5) is 35.5. The standard InChI is InChI=1S/C17H23N5O3S/c1-3-9-22-16(25)20-21-17(22)26-11-15(24)18-10-14(23)19-13-8-6-5-7-12(13)4-2/h5-8H,3-4,9-11H2,1-2H3,(H,18,24)(H,19,23)(H,20,25). The summed E-state index contributed by atoms with van der Waals surface area (Å²) in [7, 11) is 0. The Bertz CT molecular complexity index is 815. The molecule has 0 fully saturated rings. The Labute approximate surface area is 155 Å². The van der Waals surface area contributed by atoms with Crippen molar-refractivity contribution in [3.8, 4) is 0 Å². The van der Waals surface area contributed by atoms with Crippen molar-refractivity contribution in [2.24, 2.45) is 0 Å². The fourth-order valence-electron chi connectivity index (χ4n) is 2.34. The molecule has 0 aliphatic heterocycles. The predicted octanol–water partition coefficient (Wildman–Crippen LogP) is 1.39. The number of rotatable bonds is 9. The monoisotopic (exact) mass is 377 g/mol. The van der Waals surface area contributed by atoms with Crippen LogP contribution in [-0.4, -0.2) is 38.9 Å². The first kappa shape index (κ1) is 19.8. The van der Waals surface area contributed by atoms with E-state index < -0.39 is 0 Å². The van der Waals surface area contributed by atoms with E-state index >= 15 is 0 Å². The number of aromatic nitrogens is 3. The Kier molecular flexibility index (Phi) is 7.46. The van der Waals surface area contributed by atoms with Crippen LogP contribution in [0.3, 0.4) is 0 Å². The second-order valence-electron chi connectivity index (χ2n) is 5.59. The Morgan fingerprint density at radius 1 is 1.23 bits per heavy atom. The molecule has 0 bridgehead atoms. The van der Waals surface area contributed by atoms with E-state index in [1.54, 1.807) is 0 Å². The summed E-state index contributed by atoms with van der Waals surface area (Å²) in [5.74, 6) is -0.508. The molecule has 3 N–H and O–H groups in total. The number of hydrogen-bond donors (Lipinski definition) is 3. The minimum Gasteiger partial charge on any atom is -0.346 e. The molecule has 0 aliphatic rings. The van der Waals surface area contributed by atoms with Crippen LogP contribution in [0, 0.1) is 0 Å². The fourth-order valence-corrected chi connectivity index (χ4v) is 3.14. The molecular formula is C17H23N5O3S. The lowest BCUT2D eigenvalue weighted by atomic mass is 10.1. The highest BCUT2D eigenvalue weighted by atomic mass is 32.2. The number of para-hydroxylation sites is 1. The molecule has 0 spiro atoms. The third-order valence-electron chi connectivity index (χ3n) is 3.62. The van der Waals surface area contributed by atoms with E-state index in [0.717, 1.165) is 35.9 Å². The zero-order chi connectivity index (χ0) is 18.9. The van der Waals surface area contributed by atoms with Crippen LogP contribution in [0.5, 0.6) is 0 Å². The van der Waals surface area contributed by atoms with Gasteiger partial charge in [0.15, 0.2) is 5.16 Å². The van der Waals surface area contributed by atoms with Gasteiger partial charge in [-0.1, -0.05) is 43.8 Å². The van der Waals surface area contributed by atoms with Gasteiger partial charge in [0, 0.05) is 12.2 Å². The van der Waals surface area contributed by atoms with Crippen molar-refractivity contribution in [3.05, 3.63) is 40.3 Å². The molecule has 26 heavy (non-hydrogen) atoms. The van der Waals surface area contributed by atoms with Crippen molar-refractivity contribution in [1.82, 2.24) is 20.1 Å². The maximum atomic E-state index is 12.0. The maximum Gasteiger partial charge on any atom is 0.343 e. The third kappa shape index (κ3) is 5.48. The third-order valence-corrected chi connectivity index (χ3v) is 4.60. The van der Waals surface area contributed by atoms with Gasteiger partial charge in [-0.15, -0.1) is 5.10 Å². The number of nitrogens with one attached hydrogen (secondary N) is 3. The van der Waals surface area contributed by atoms with Crippen molar-refractivity contribution in [3.63, 3.8) is 0 Å². The molecule has 1 aromatic heterocycles. The zero-order valence-corrected chi connectivity index (χ0v) is 15.7. The molecule has 2 rings (SSSR count). The summed E-state index contributed by atoms with van der Waals surface area (Å²) in [5.41, 5.74) is 1.50. The first-order valence-electron chi connectivity index (χ1n) is 8.47. The second kappa shape index (κ2) is 9.81. The number of anilines is 1. The molecule has 0 saturated carbocycles. The minimum atomic E-state index is -0.299. The summed E-state index contributed by atoms with van der Waals surface area (Å²) in [6.07, 6.45) is 1.60. The quantitative estimate of drug-likeness (QED) is 0.572. The fraction of sp³-hybridized carbons (Fsp3) is 0.412. The highest BCUT2D eigenvalue weighted by molar-refractivity contribution is 7.99. The first-order valence-corrected chi connectivity index (χ1v) is 9.46. The van der Waals surface area contributed by atoms with Crippen molar-refractivity contribution in [2.45, 2.75) is 38.4 Å². The number of amides is 2. The van der Waals surface area contributed by atoms with Crippen LogP contribution in [-0.2, 0) is 22.6 Å². The van der Waals surface area contributed by atoms with Gasteiger partial charge in [-0.3, -0.25) is 14.2 Å². The van der Waals surface area contributed by atoms with E-state index in [-0.39, 0.29) is 29.8 Å². The number of aromatic amines is 1. The summed E-state index contributed by atoms with van der Waals surface area (Å²) in [5, 5.41) is 12.1. The maximum absolute atomic E-state index is 12.0. The lowest BCUT2D eigenvalue weighted by molar-refractivity contribution is -0.122. The average Bonchev–Trinajstić information content (AvgIpc) is 2.99. The molecule has 0 saturated heterocycles. The number of H-pyrrole nitrogens is 1. The lowest BCUT2D eigenvalue weighted by Crippen LogP contribution is -2.34. The molecule has 2 aromatic rings. The molecule has 1 heterocycles. The predicted molar refractivity (Wildman–Crippen MR) is 101 cm³/mol. The van der Waals surface area contributed by atoms with E-state index in [4.69, 9.17) is 0 Å². The van der Waals surface area contributed by atoms with Crippen LogP contribution in [0.1, 0.15) is 25.8 Å². The SMILES string of the molecule is CCCn1c(SCC(=O)NCC(=O)Nc2ccccc2CC)n[nH]c1=O. The van der Waals surface area contributed by atoms with Gasteiger partial charge in [0.05, 0.1) is 12.3 Å². The Hall–Kier alpha value is -2.55. The Morgan fingerprint density at radius 2 is 2.00 bits per heavy atom. The number of benzene rings is 1. The van der Waals surface area contributed by atoms with Crippen molar-refractivity contribution in [1.29, 1.82) is 0 Å². The van der Waals surface area contributed by atoms with Gasteiger partial charge in [0.25, 0.3) is 0 Å². The van der Waals surface area contributed by atoms with Crippen LogP contribution in [0.2, 0.25) is 0 Å².